The predicted molar refractivity (Wildman–Crippen MR) is 73.7 cm³/mol. The number of alkyl halides is 2. The zero-order valence-corrected chi connectivity index (χ0v) is 12.6. The van der Waals surface area contributed by atoms with Crippen LogP contribution in [0.5, 0.6) is 0 Å². The Balaban J connectivity index is 2.44. The first-order valence-electron chi connectivity index (χ1n) is 7.19. The molecule has 0 aromatic rings. The summed E-state index contributed by atoms with van der Waals surface area (Å²) in [6.45, 7) is 6.86. The van der Waals surface area contributed by atoms with Crippen molar-refractivity contribution in [1.29, 1.82) is 0 Å². The number of nitrogens with two attached hydrogens (primary N) is 1. The number of piperidine rings is 1. The van der Waals surface area contributed by atoms with Gasteiger partial charge in [-0.3, -0.25) is 0 Å². The van der Waals surface area contributed by atoms with Gasteiger partial charge in [0, 0.05) is 19.5 Å². The summed E-state index contributed by atoms with van der Waals surface area (Å²) in [7, 11) is 0. The van der Waals surface area contributed by atoms with E-state index in [1.165, 1.54) is 0 Å². The number of hydrogen-bond acceptors (Lipinski definition) is 3. The SMILES string of the molecule is CC(C)(C)OC(=O)N1CCC(C(CN)CC(F)F)CC1. The molecule has 0 aliphatic carbocycles. The number of carbonyl (C=O) groups is 1. The van der Waals surface area contributed by atoms with Crippen LogP contribution in [0.1, 0.15) is 40.0 Å². The minimum atomic E-state index is -2.31. The maximum atomic E-state index is 12.5. The molecule has 1 unspecified atom stereocenters. The highest BCUT2D eigenvalue weighted by atomic mass is 19.3. The maximum absolute atomic E-state index is 12.5. The Morgan fingerprint density at radius 1 is 1.35 bits per heavy atom. The van der Waals surface area contributed by atoms with Crippen molar-refractivity contribution in [2.24, 2.45) is 17.6 Å². The third-order valence-corrected chi connectivity index (χ3v) is 3.64. The molecule has 2 N–H and O–H groups in total. The van der Waals surface area contributed by atoms with Gasteiger partial charge in [-0.2, -0.15) is 0 Å². The second-order valence-electron chi connectivity index (χ2n) is 6.43. The van der Waals surface area contributed by atoms with Gasteiger partial charge in [0.2, 0.25) is 6.43 Å². The molecule has 1 aliphatic rings. The van der Waals surface area contributed by atoms with Crippen LogP contribution in [0.2, 0.25) is 0 Å². The van der Waals surface area contributed by atoms with E-state index in [4.69, 9.17) is 10.5 Å². The van der Waals surface area contributed by atoms with Gasteiger partial charge in [-0.05, 0) is 52.0 Å². The molecule has 0 radical (unpaired) electrons. The third kappa shape index (κ3) is 5.61. The fourth-order valence-corrected chi connectivity index (χ4v) is 2.59. The average Bonchev–Trinajstić information content (AvgIpc) is 2.34. The number of hydrogen-bond donors (Lipinski definition) is 1. The molecule has 1 rings (SSSR count). The number of rotatable bonds is 4. The molecular weight excluding hydrogens is 266 g/mol. The minimum absolute atomic E-state index is 0.145. The molecule has 20 heavy (non-hydrogen) atoms. The Hall–Kier alpha value is -0.910. The number of nitrogens with zero attached hydrogens (tertiary/aromatic N) is 1. The Labute approximate surface area is 119 Å². The van der Waals surface area contributed by atoms with Crippen molar-refractivity contribution >= 4 is 6.09 Å². The number of likely N-dealkylation sites (tertiary alicyclic amines) is 1. The molecule has 0 spiro atoms. The van der Waals surface area contributed by atoms with Crippen LogP contribution in [-0.2, 0) is 4.74 Å². The van der Waals surface area contributed by atoms with E-state index in [-0.39, 0.29) is 30.9 Å². The Kier molecular flexibility index (Phi) is 6.17. The van der Waals surface area contributed by atoms with Crippen LogP contribution in [0.3, 0.4) is 0 Å². The van der Waals surface area contributed by atoms with Gasteiger partial charge in [-0.25, -0.2) is 13.6 Å². The largest absolute Gasteiger partial charge is 0.444 e. The molecule has 1 fully saturated rings. The second-order valence-corrected chi connectivity index (χ2v) is 6.43. The summed E-state index contributed by atoms with van der Waals surface area (Å²) in [5, 5.41) is 0. The molecule has 6 heteroatoms. The first-order valence-corrected chi connectivity index (χ1v) is 7.19. The van der Waals surface area contributed by atoms with Crippen LogP contribution in [0.4, 0.5) is 13.6 Å². The van der Waals surface area contributed by atoms with Crippen LogP contribution in [0.15, 0.2) is 0 Å². The number of carbonyl (C=O) groups excluding carboxylic acids is 1. The van der Waals surface area contributed by atoms with E-state index in [0.717, 1.165) is 0 Å². The normalized spacial score (nSPS) is 19.2. The van der Waals surface area contributed by atoms with Crippen LogP contribution in [0.25, 0.3) is 0 Å². The monoisotopic (exact) mass is 292 g/mol. The molecule has 0 aromatic carbocycles. The Bertz CT molecular complexity index is 311. The summed E-state index contributed by atoms with van der Waals surface area (Å²) >= 11 is 0. The second kappa shape index (κ2) is 7.20. The fraction of sp³-hybridized carbons (Fsp3) is 0.929. The van der Waals surface area contributed by atoms with E-state index in [9.17, 15) is 13.6 Å². The molecule has 1 amide bonds. The molecule has 1 saturated heterocycles. The highest BCUT2D eigenvalue weighted by Crippen LogP contribution is 2.29. The van der Waals surface area contributed by atoms with Crippen molar-refractivity contribution in [1.82, 2.24) is 4.90 Å². The molecule has 1 aliphatic heterocycles. The summed E-state index contributed by atoms with van der Waals surface area (Å²) < 4.78 is 30.3. The predicted octanol–water partition coefficient (Wildman–Crippen LogP) is 2.86. The van der Waals surface area contributed by atoms with Crippen molar-refractivity contribution in [3.63, 3.8) is 0 Å². The fourth-order valence-electron chi connectivity index (χ4n) is 2.59. The standard InChI is InChI=1S/C14H26F2N2O2/c1-14(2,3)20-13(19)18-6-4-10(5-7-18)11(9-17)8-12(15)16/h10-12H,4-9,17H2,1-3H3. The smallest absolute Gasteiger partial charge is 0.410 e. The zero-order chi connectivity index (χ0) is 15.3. The molecule has 0 bridgehead atoms. The Morgan fingerprint density at radius 2 is 1.90 bits per heavy atom. The van der Waals surface area contributed by atoms with Crippen LogP contribution in [0, 0.1) is 11.8 Å². The first kappa shape index (κ1) is 17.1. The van der Waals surface area contributed by atoms with Crippen molar-refractivity contribution in [2.75, 3.05) is 19.6 Å². The lowest BCUT2D eigenvalue weighted by molar-refractivity contribution is 0.0133. The minimum Gasteiger partial charge on any atom is -0.444 e. The molecule has 0 saturated carbocycles. The van der Waals surface area contributed by atoms with E-state index in [2.05, 4.69) is 0 Å². The molecule has 4 nitrogen and oxygen atoms in total. The number of amides is 1. The lowest BCUT2D eigenvalue weighted by Gasteiger charge is -2.36. The Morgan fingerprint density at radius 3 is 2.30 bits per heavy atom. The average molecular weight is 292 g/mol. The summed E-state index contributed by atoms with van der Waals surface area (Å²) in [6.07, 6.45) is -1.35. The molecule has 1 atom stereocenters. The molecule has 1 heterocycles. The van der Waals surface area contributed by atoms with E-state index >= 15 is 0 Å². The van der Waals surface area contributed by atoms with Gasteiger partial charge in [0.25, 0.3) is 0 Å². The van der Waals surface area contributed by atoms with Gasteiger partial charge < -0.3 is 15.4 Å². The topological polar surface area (TPSA) is 55.6 Å². The summed E-state index contributed by atoms with van der Waals surface area (Å²) in [5.74, 6) is 0.0171. The zero-order valence-electron chi connectivity index (χ0n) is 12.6. The van der Waals surface area contributed by atoms with Crippen LogP contribution in [-0.4, -0.2) is 42.7 Å². The van der Waals surface area contributed by atoms with Gasteiger partial charge in [-0.1, -0.05) is 0 Å². The van der Waals surface area contributed by atoms with Gasteiger partial charge in [0.1, 0.15) is 5.60 Å². The summed E-state index contributed by atoms with van der Waals surface area (Å²) in [4.78, 5) is 13.5. The molecule has 118 valence electrons. The van der Waals surface area contributed by atoms with Gasteiger partial charge in [0.15, 0.2) is 0 Å². The number of ether oxygens (including phenoxy) is 1. The quantitative estimate of drug-likeness (QED) is 0.867. The lowest BCUT2D eigenvalue weighted by Crippen LogP contribution is -2.43. The van der Waals surface area contributed by atoms with E-state index in [1.54, 1.807) is 4.90 Å². The van der Waals surface area contributed by atoms with Crippen molar-refractivity contribution in [3.05, 3.63) is 0 Å². The first-order chi connectivity index (χ1) is 9.23. The highest BCUT2D eigenvalue weighted by Gasteiger charge is 2.31. The third-order valence-electron chi connectivity index (χ3n) is 3.64. The summed E-state index contributed by atoms with van der Waals surface area (Å²) in [5.41, 5.74) is 5.08. The molecular formula is C14H26F2N2O2. The van der Waals surface area contributed by atoms with E-state index in [0.29, 0.717) is 25.9 Å². The lowest BCUT2D eigenvalue weighted by atomic mass is 9.82. The maximum Gasteiger partial charge on any atom is 0.410 e. The summed E-state index contributed by atoms with van der Waals surface area (Å²) in [6, 6.07) is 0. The van der Waals surface area contributed by atoms with Gasteiger partial charge in [-0.15, -0.1) is 0 Å². The van der Waals surface area contributed by atoms with Gasteiger partial charge in [0.05, 0.1) is 0 Å². The van der Waals surface area contributed by atoms with Crippen LogP contribution >= 0.6 is 0 Å². The number of halogens is 2. The van der Waals surface area contributed by atoms with E-state index in [1.807, 2.05) is 20.8 Å². The van der Waals surface area contributed by atoms with Crippen molar-refractivity contribution < 1.29 is 18.3 Å². The van der Waals surface area contributed by atoms with Crippen molar-refractivity contribution in [3.8, 4) is 0 Å². The van der Waals surface area contributed by atoms with E-state index < -0.39 is 12.0 Å². The van der Waals surface area contributed by atoms with Gasteiger partial charge >= 0.3 is 6.09 Å². The van der Waals surface area contributed by atoms with Crippen molar-refractivity contribution in [2.45, 2.75) is 52.1 Å². The molecule has 0 aromatic heterocycles. The highest BCUT2D eigenvalue weighted by molar-refractivity contribution is 5.68. The van der Waals surface area contributed by atoms with Crippen LogP contribution < -0.4 is 5.73 Å².